The summed E-state index contributed by atoms with van der Waals surface area (Å²) in [6.45, 7) is 4.52. The summed E-state index contributed by atoms with van der Waals surface area (Å²) < 4.78 is 5.97. The quantitative estimate of drug-likeness (QED) is 0.791. The Morgan fingerprint density at radius 1 is 1.19 bits per heavy atom. The highest BCUT2D eigenvalue weighted by atomic mass is 16.3. The molecule has 0 radical (unpaired) electrons. The van der Waals surface area contributed by atoms with Gasteiger partial charge in [-0.25, -0.2) is 0 Å². The molecule has 0 aliphatic heterocycles. The first-order chi connectivity index (χ1) is 10.3. The highest BCUT2D eigenvalue weighted by Gasteiger charge is 2.22. The maximum atomic E-state index is 5.97. The molecule has 2 nitrogen and oxygen atoms in total. The molecule has 114 valence electrons. The lowest BCUT2D eigenvalue weighted by Gasteiger charge is -2.30. The van der Waals surface area contributed by atoms with E-state index in [1.54, 1.807) is 0 Å². The van der Waals surface area contributed by atoms with Crippen molar-refractivity contribution in [1.29, 1.82) is 0 Å². The van der Waals surface area contributed by atoms with Crippen LogP contribution in [0.15, 0.2) is 34.7 Å². The standard InChI is InChI=1S/C19H27NO/c1-3-6-15-9-11-17(12-10-15)20-14(2)19-13-16-7-4-5-8-18(16)21-19/h4-5,7-8,13-15,17,20H,3,6,9-12H2,1-2H3. The predicted molar refractivity (Wildman–Crippen MR) is 88.4 cm³/mol. The number of rotatable bonds is 5. The van der Waals surface area contributed by atoms with Crippen molar-refractivity contribution in [3.8, 4) is 0 Å². The predicted octanol–water partition coefficient (Wildman–Crippen LogP) is 5.44. The lowest BCUT2D eigenvalue weighted by atomic mass is 9.83. The smallest absolute Gasteiger partial charge is 0.134 e. The lowest BCUT2D eigenvalue weighted by molar-refractivity contribution is 0.260. The van der Waals surface area contributed by atoms with Gasteiger partial charge in [0.25, 0.3) is 0 Å². The molecule has 0 spiro atoms. The Kier molecular flexibility index (Phi) is 4.64. The molecular weight excluding hydrogens is 258 g/mol. The summed E-state index contributed by atoms with van der Waals surface area (Å²) >= 11 is 0. The van der Waals surface area contributed by atoms with Crippen molar-refractivity contribution in [3.05, 3.63) is 36.1 Å². The molecule has 0 amide bonds. The third kappa shape index (κ3) is 3.49. The molecule has 21 heavy (non-hydrogen) atoms. The normalized spacial score (nSPS) is 24.3. The van der Waals surface area contributed by atoms with E-state index < -0.39 is 0 Å². The summed E-state index contributed by atoms with van der Waals surface area (Å²) in [6.07, 6.45) is 8.14. The second kappa shape index (κ2) is 6.65. The Hall–Kier alpha value is -1.28. The van der Waals surface area contributed by atoms with Gasteiger partial charge in [0.2, 0.25) is 0 Å². The number of benzene rings is 1. The summed E-state index contributed by atoms with van der Waals surface area (Å²) in [5.41, 5.74) is 0.993. The van der Waals surface area contributed by atoms with Crippen LogP contribution in [0.1, 0.15) is 64.2 Å². The van der Waals surface area contributed by atoms with Gasteiger partial charge in [-0.2, -0.15) is 0 Å². The zero-order chi connectivity index (χ0) is 14.7. The first-order valence-corrected chi connectivity index (χ1v) is 8.50. The van der Waals surface area contributed by atoms with Gasteiger partial charge in [0.1, 0.15) is 11.3 Å². The van der Waals surface area contributed by atoms with E-state index in [0.717, 1.165) is 17.3 Å². The Balaban J connectivity index is 1.58. The fourth-order valence-electron chi connectivity index (χ4n) is 3.68. The van der Waals surface area contributed by atoms with Gasteiger partial charge >= 0.3 is 0 Å². The molecule has 0 bridgehead atoms. The summed E-state index contributed by atoms with van der Waals surface area (Å²) in [4.78, 5) is 0. The fraction of sp³-hybridized carbons (Fsp3) is 0.579. The second-order valence-electron chi connectivity index (χ2n) is 6.58. The first-order valence-electron chi connectivity index (χ1n) is 8.50. The molecule has 3 rings (SSSR count). The SMILES string of the molecule is CCCC1CCC(NC(C)c2cc3ccccc3o2)CC1. The van der Waals surface area contributed by atoms with Crippen molar-refractivity contribution in [2.75, 3.05) is 0 Å². The average Bonchev–Trinajstić information content (AvgIpc) is 2.94. The molecule has 1 fully saturated rings. The van der Waals surface area contributed by atoms with Crippen LogP contribution in [0.5, 0.6) is 0 Å². The lowest BCUT2D eigenvalue weighted by Crippen LogP contribution is -2.34. The number of para-hydroxylation sites is 1. The number of furan rings is 1. The van der Waals surface area contributed by atoms with Gasteiger partial charge in [0, 0.05) is 11.4 Å². The molecule has 1 aromatic carbocycles. The Morgan fingerprint density at radius 3 is 2.67 bits per heavy atom. The van der Waals surface area contributed by atoms with Crippen LogP contribution in [-0.4, -0.2) is 6.04 Å². The zero-order valence-electron chi connectivity index (χ0n) is 13.3. The maximum Gasteiger partial charge on any atom is 0.134 e. The van der Waals surface area contributed by atoms with E-state index in [9.17, 15) is 0 Å². The van der Waals surface area contributed by atoms with Crippen LogP contribution in [0, 0.1) is 5.92 Å². The summed E-state index contributed by atoms with van der Waals surface area (Å²) in [5.74, 6) is 2.03. The molecule has 1 atom stereocenters. The number of nitrogens with one attached hydrogen (secondary N) is 1. The van der Waals surface area contributed by atoms with Crippen LogP contribution in [0.25, 0.3) is 11.0 Å². The highest BCUT2D eigenvalue weighted by molar-refractivity contribution is 5.77. The van der Waals surface area contributed by atoms with Gasteiger partial charge in [-0.3, -0.25) is 0 Å². The summed E-state index contributed by atoms with van der Waals surface area (Å²) in [7, 11) is 0. The highest BCUT2D eigenvalue weighted by Crippen LogP contribution is 2.30. The van der Waals surface area contributed by atoms with E-state index in [1.807, 2.05) is 12.1 Å². The van der Waals surface area contributed by atoms with Crippen LogP contribution in [0.2, 0.25) is 0 Å². The molecule has 1 heterocycles. The van der Waals surface area contributed by atoms with Gasteiger partial charge in [-0.05, 0) is 50.7 Å². The molecule has 2 heteroatoms. The monoisotopic (exact) mass is 285 g/mol. The molecule has 0 saturated heterocycles. The molecule has 1 N–H and O–H groups in total. The number of hydrogen-bond donors (Lipinski definition) is 1. The van der Waals surface area contributed by atoms with Crippen molar-refractivity contribution < 1.29 is 4.42 Å². The minimum Gasteiger partial charge on any atom is -0.459 e. The zero-order valence-corrected chi connectivity index (χ0v) is 13.3. The van der Waals surface area contributed by atoms with Crippen molar-refractivity contribution >= 4 is 11.0 Å². The molecule has 1 aliphatic rings. The van der Waals surface area contributed by atoms with Crippen LogP contribution < -0.4 is 5.32 Å². The topological polar surface area (TPSA) is 25.2 Å². The number of hydrogen-bond acceptors (Lipinski definition) is 2. The Bertz CT molecular complexity index is 533. The largest absolute Gasteiger partial charge is 0.459 e. The van der Waals surface area contributed by atoms with Crippen LogP contribution >= 0.6 is 0 Å². The Morgan fingerprint density at radius 2 is 1.95 bits per heavy atom. The average molecular weight is 285 g/mol. The minimum absolute atomic E-state index is 0.296. The van der Waals surface area contributed by atoms with Crippen LogP contribution in [0.4, 0.5) is 0 Å². The van der Waals surface area contributed by atoms with Gasteiger partial charge < -0.3 is 9.73 Å². The van der Waals surface area contributed by atoms with E-state index in [1.165, 1.54) is 43.9 Å². The van der Waals surface area contributed by atoms with Gasteiger partial charge in [-0.15, -0.1) is 0 Å². The number of fused-ring (bicyclic) bond motifs is 1. The van der Waals surface area contributed by atoms with Crippen molar-refractivity contribution in [1.82, 2.24) is 5.32 Å². The minimum atomic E-state index is 0.296. The molecule has 1 saturated carbocycles. The summed E-state index contributed by atoms with van der Waals surface area (Å²) in [6, 6.07) is 11.4. The van der Waals surface area contributed by atoms with Gasteiger partial charge in [-0.1, -0.05) is 38.0 Å². The molecule has 1 aromatic heterocycles. The maximum absolute atomic E-state index is 5.97. The first kappa shape index (κ1) is 14.6. The van der Waals surface area contributed by atoms with Gasteiger partial charge in [0.05, 0.1) is 6.04 Å². The summed E-state index contributed by atoms with van der Waals surface area (Å²) in [5, 5.41) is 4.97. The van der Waals surface area contributed by atoms with E-state index in [4.69, 9.17) is 4.42 Å². The van der Waals surface area contributed by atoms with Crippen molar-refractivity contribution in [2.24, 2.45) is 5.92 Å². The van der Waals surface area contributed by atoms with Crippen molar-refractivity contribution in [2.45, 2.75) is 64.5 Å². The second-order valence-corrected chi connectivity index (χ2v) is 6.58. The molecule has 1 unspecified atom stereocenters. The Labute approximate surface area is 127 Å². The van der Waals surface area contributed by atoms with Gasteiger partial charge in [0.15, 0.2) is 0 Å². The van der Waals surface area contributed by atoms with E-state index in [0.29, 0.717) is 12.1 Å². The van der Waals surface area contributed by atoms with Crippen LogP contribution in [-0.2, 0) is 0 Å². The molecular formula is C19H27NO. The van der Waals surface area contributed by atoms with E-state index >= 15 is 0 Å². The third-order valence-electron chi connectivity index (χ3n) is 4.90. The molecule has 2 aromatic rings. The fourth-order valence-corrected chi connectivity index (χ4v) is 3.68. The third-order valence-corrected chi connectivity index (χ3v) is 4.90. The van der Waals surface area contributed by atoms with Crippen molar-refractivity contribution in [3.63, 3.8) is 0 Å². The molecule has 1 aliphatic carbocycles. The van der Waals surface area contributed by atoms with Crippen LogP contribution in [0.3, 0.4) is 0 Å². The van der Waals surface area contributed by atoms with E-state index in [2.05, 4.69) is 37.4 Å². The van der Waals surface area contributed by atoms with E-state index in [-0.39, 0.29) is 0 Å².